The first-order valence-electron chi connectivity index (χ1n) is 5.86. The van der Waals surface area contributed by atoms with Crippen LogP contribution in [0.15, 0.2) is 24.3 Å². The Morgan fingerprint density at radius 3 is 2.88 bits per heavy atom. The third-order valence-corrected chi connectivity index (χ3v) is 2.67. The van der Waals surface area contributed by atoms with E-state index in [1.807, 2.05) is 18.2 Å². The van der Waals surface area contributed by atoms with Crippen molar-refractivity contribution in [2.45, 2.75) is 38.6 Å². The molecule has 1 aromatic rings. The van der Waals surface area contributed by atoms with E-state index >= 15 is 0 Å². The molecule has 3 heteroatoms. The maximum atomic E-state index is 5.94. The fourth-order valence-electron chi connectivity index (χ4n) is 1.50. The minimum atomic E-state index is 0.116. The summed E-state index contributed by atoms with van der Waals surface area (Å²) in [7, 11) is 0. The Balaban J connectivity index is 2.23. The number of unbranched alkanes of at least 4 members (excludes halogenated alkanes) is 2. The molecule has 0 fully saturated rings. The first kappa shape index (κ1) is 13.3. The summed E-state index contributed by atoms with van der Waals surface area (Å²) in [6, 6.07) is 7.52. The average molecular weight is 242 g/mol. The highest BCUT2D eigenvalue weighted by Crippen LogP contribution is 2.17. The highest BCUT2D eigenvalue weighted by Gasteiger charge is 2.03. The molecular formula is C13H20ClNO. The summed E-state index contributed by atoms with van der Waals surface area (Å²) in [5.74, 6) is 0.790. The van der Waals surface area contributed by atoms with Crippen LogP contribution in [-0.2, 0) is 0 Å². The minimum absolute atomic E-state index is 0.116. The van der Waals surface area contributed by atoms with Gasteiger partial charge in [0.25, 0.3) is 0 Å². The number of ether oxygens (including phenoxy) is 1. The van der Waals surface area contributed by atoms with Gasteiger partial charge in [0.15, 0.2) is 0 Å². The fraction of sp³-hybridized carbons (Fsp3) is 0.538. The molecule has 0 bridgehead atoms. The Hall–Kier alpha value is -0.730. The van der Waals surface area contributed by atoms with E-state index in [4.69, 9.17) is 22.1 Å². The molecule has 0 aliphatic rings. The molecule has 1 rings (SSSR count). The van der Waals surface area contributed by atoms with E-state index in [1.54, 1.807) is 6.07 Å². The molecule has 1 aromatic carbocycles. The Labute approximate surface area is 103 Å². The molecule has 0 aliphatic carbocycles. The van der Waals surface area contributed by atoms with Crippen molar-refractivity contribution in [2.75, 3.05) is 6.61 Å². The van der Waals surface area contributed by atoms with Gasteiger partial charge in [0.1, 0.15) is 12.4 Å². The van der Waals surface area contributed by atoms with Gasteiger partial charge in [0.2, 0.25) is 0 Å². The average Bonchev–Trinajstić information content (AvgIpc) is 2.27. The predicted octanol–water partition coefficient (Wildman–Crippen LogP) is 3.63. The number of hydrogen-bond donors (Lipinski definition) is 1. The van der Waals surface area contributed by atoms with Crippen LogP contribution in [0.3, 0.4) is 0 Å². The smallest absolute Gasteiger partial charge is 0.120 e. The van der Waals surface area contributed by atoms with Crippen molar-refractivity contribution in [2.24, 2.45) is 5.73 Å². The van der Waals surface area contributed by atoms with Crippen LogP contribution >= 0.6 is 11.6 Å². The Kier molecular flexibility index (Phi) is 6.27. The monoisotopic (exact) mass is 241 g/mol. The van der Waals surface area contributed by atoms with Crippen LogP contribution in [0.4, 0.5) is 0 Å². The van der Waals surface area contributed by atoms with E-state index in [-0.39, 0.29) is 6.04 Å². The molecule has 0 saturated heterocycles. The van der Waals surface area contributed by atoms with Gasteiger partial charge < -0.3 is 10.5 Å². The number of nitrogens with two attached hydrogens (primary N) is 1. The summed E-state index contributed by atoms with van der Waals surface area (Å²) in [6.07, 6.45) is 4.66. The van der Waals surface area contributed by atoms with E-state index in [1.165, 1.54) is 19.3 Å². The molecule has 0 heterocycles. The van der Waals surface area contributed by atoms with Crippen LogP contribution in [0, 0.1) is 0 Å². The Morgan fingerprint density at radius 2 is 2.19 bits per heavy atom. The SMILES string of the molecule is CCCCCC(N)COc1cccc(Cl)c1. The molecule has 90 valence electrons. The van der Waals surface area contributed by atoms with Gasteiger partial charge >= 0.3 is 0 Å². The van der Waals surface area contributed by atoms with Crippen molar-refractivity contribution in [3.05, 3.63) is 29.3 Å². The lowest BCUT2D eigenvalue weighted by Gasteiger charge is -2.12. The first-order chi connectivity index (χ1) is 7.72. The molecule has 0 radical (unpaired) electrons. The van der Waals surface area contributed by atoms with Crippen LogP contribution in [0.5, 0.6) is 5.75 Å². The van der Waals surface area contributed by atoms with Gasteiger partial charge in [-0.2, -0.15) is 0 Å². The van der Waals surface area contributed by atoms with Gasteiger partial charge in [-0.05, 0) is 24.6 Å². The maximum Gasteiger partial charge on any atom is 0.120 e. The van der Waals surface area contributed by atoms with Crippen LogP contribution in [0.25, 0.3) is 0 Å². The fourth-order valence-corrected chi connectivity index (χ4v) is 1.68. The van der Waals surface area contributed by atoms with Crippen LogP contribution in [0.2, 0.25) is 5.02 Å². The highest BCUT2D eigenvalue weighted by atomic mass is 35.5. The lowest BCUT2D eigenvalue weighted by Crippen LogP contribution is -2.27. The van der Waals surface area contributed by atoms with Gasteiger partial charge in [-0.15, -0.1) is 0 Å². The van der Waals surface area contributed by atoms with E-state index in [2.05, 4.69) is 6.92 Å². The number of halogens is 1. The highest BCUT2D eigenvalue weighted by molar-refractivity contribution is 6.30. The summed E-state index contributed by atoms with van der Waals surface area (Å²) in [5.41, 5.74) is 5.94. The summed E-state index contributed by atoms with van der Waals surface area (Å²) >= 11 is 5.85. The van der Waals surface area contributed by atoms with Crippen molar-refractivity contribution >= 4 is 11.6 Å². The van der Waals surface area contributed by atoms with Crippen LogP contribution in [-0.4, -0.2) is 12.6 Å². The zero-order valence-electron chi connectivity index (χ0n) is 9.79. The summed E-state index contributed by atoms with van der Waals surface area (Å²) in [4.78, 5) is 0. The Morgan fingerprint density at radius 1 is 1.38 bits per heavy atom. The van der Waals surface area contributed by atoms with Gasteiger partial charge in [0.05, 0.1) is 0 Å². The quantitative estimate of drug-likeness (QED) is 0.740. The molecule has 2 nitrogen and oxygen atoms in total. The maximum absolute atomic E-state index is 5.94. The molecule has 1 unspecified atom stereocenters. The van der Waals surface area contributed by atoms with Gasteiger partial charge in [-0.1, -0.05) is 43.9 Å². The zero-order valence-corrected chi connectivity index (χ0v) is 10.5. The largest absolute Gasteiger partial charge is 0.492 e. The van der Waals surface area contributed by atoms with Gasteiger partial charge in [-0.3, -0.25) is 0 Å². The summed E-state index contributed by atoms with van der Waals surface area (Å²) in [5, 5.41) is 0.692. The molecule has 1 atom stereocenters. The van der Waals surface area contributed by atoms with Crippen molar-refractivity contribution in [3.63, 3.8) is 0 Å². The van der Waals surface area contributed by atoms with Crippen LogP contribution < -0.4 is 10.5 Å². The third kappa shape index (κ3) is 5.38. The van der Waals surface area contributed by atoms with Gasteiger partial charge in [0, 0.05) is 11.1 Å². The molecule has 0 spiro atoms. The standard InChI is InChI=1S/C13H20ClNO/c1-2-3-4-7-12(15)10-16-13-8-5-6-11(14)9-13/h5-6,8-9,12H,2-4,7,10,15H2,1H3. The van der Waals surface area contributed by atoms with E-state index in [0.717, 1.165) is 12.2 Å². The summed E-state index contributed by atoms with van der Waals surface area (Å²) < 4.78 is 5.57. The summed E-state index contributed by atoms with van der Waals surface area (Å²) in [6.45, 7) is 2.75. The molecular weight excluding hydrogens is 222 g/mol. The Bertz CT molecular complexity index is 304. The molecule has 16 heavy (non-hydrogen) atoms. The van der Waals surface area contributed by atoms with Crippen LogP contribution in [0.1, 0.15) is 32.6 Å². The minimum Gasteiger partial charge on any atom is -0.492 e. The molecule has 0 amide bonds. The van der Waals surface area contributed by atoms with E-state index in [9.17, 15) is 0 Å². The molecule has 2 N–H and O–H groups in total. The normalized spacial score (nSPS) is 12.4. The first-order valence-corrected chi connectivity index (χ1v) is 6.24. The second kappa shape index (κ2) is 7.53. The van der Waals surface area contributed by atoms with E-state index in [0.29, 0.717) is 11.6 Å². The second-order valence-electron chi connectivity index (χ2n) is 4.02. The third-order valence-electron chi connectivity index (χ3n) is 2.44. The van der Waals surface area contributed by atoms with E-state index < -0.39 is 0 Å². The molecule has 0 saturated carbocycles. The van der Waals surface area contributed by atoms with Crippen molar-refractivity contribution in [3.8, 4) is 5.75 Å². The number of hydrogen-bond acceptors (Lipinski definition) is 2. The number of rotatable bonds is 7. The van der Waals surface area contributed by atoms with Crippen molar-refractivity contribution < 1.29 is 4.74 Å². The molecule has 0 aliphatic heterocycles. The zero-order chi connectivity index (χ0) is 11.8. The molecule has 0 aromatic heterocycles. The second-order valence-corrected chi connectivity index (χ2v) is 4.46. The lowest BCUT2D eigenvalue weighted by molar-refractivity contribution is 0.279. The van der Waals surface area contributed by atoms with Crippen molar-refractivity contribution in [1.82, 2.24) is 0 Å². The van der Waals surface area contributed by atoms with Gasteiger partial charge in [-0.25, -0.2) is 0 Å². The lowest BCUT2D eigenvalue weighted by atomic mass is 10.1. The topological polar surface area (TPSA) is 35.2 Å². The number of benzene rings is 1. The predicted molar refractivity (Wildman–Crippen MR) is 69.1 cm³/mol. The van der Waals surface area contributed by atoms with Crippen molar-refractivity contribution in [1.29, 1.82) is 0 Å².